The average Bonchev–Trinajstić information content (AvgIpc) is 2.95. The largest absolute Gasteiger partial charge is 0.493 e. The SMILES string of the molecule is O=C(CCOc1ccccc1)NC1CCCCN1C1C(=O)CSC1=O. The average molecular weight is 362 g/mol. The molecule has 0 saturated carbocycles. The number of hydrogen-bond acceptors (Lipinski definition) is 6. The quantitative estimate of drug-likeness (QED) is 0.775. The van der Waals surface area contributed by atoms with Gasteiger partial charge in [0.25, 0.3) is 0 Å². The van der Waals surface area contributed by atoms with E-state index in [0.29, 0.717) is 13.2 Å². The number of rotatable bonds is 6. The van der Waals surface area contributed by atoms with E-state index in [-0.39, 0.29) is 35.1 Å². The lowest BCUT2D eigenvalue weighted by Gasteiger charge is -2.38. The first kappa shape index (κ1) is 17.9. The number of ether oxygens (including phenoxy) is 1. The third-order valence-corrected chi connectivity index (χ3v) is 5.37. The third kappa shape index (κ3) is 4.61. The van der Waals surface area contributed by atoms with Gasteiger partial charge in [0.05, 0.1) is 24.9 Å². The van der Waals surface area contributed by atoms with Gasteiger partial charge in [0, 0.05) is 6.54 Å². The van der Waals surface area contributed by atoms with Gasteiger partial charge in [-0.1, -0.05) is 30.0 Å². The molecule has 25 heavy (non-hydrogen) atoms. The summed E-state index contributed by atoms with van der Waals surface area (Å²) in [4.78, 5) is 38.1. The maximum absolute atomic E-state index is 12.2. The summed E-state index contributed by atoms with van der Waals surface area (Å²) in [6.45, 7) is 0.952. The number of Topliss-reactive ketones (excluding diaryl/α,β-unsaturated/α-hetero) is 1. The molecule has 134 valence electrons. The van der Waals surface area contributed by atoms with E-state index in [0.717, 1.165) is 36.8 Å². The van der Waals surface area contributed by atoms with E-state index in [1.807, 2.05) is 35.2 Å². The van der Waals surface area contributed by atoms with Crippen molar-refractivity contribution in [1.29, 1.82) is 0 Å². The zero-order valence-corrected chi connectivity index (χ0v) is 14.8. The molecule has 1 amide bonds. The maximum atomic E-state index is 12.2. The second-order valence-electron chi connectivity index (χ2n) is 6.20. The fraction of sp³-hybridized carbons (Fsp3) is 0.500. The highest BCUT2D eigenvalue weighted by Crippen LogP contribution is 2.27. The van der Waals surface area contributed by atoms with Gasteiger partial charge >= 0.3 is 0 Å². The van der Waals surface area contributed by atoms with E-state index in [9.17, 15) is 14.4 Å². The molecule has 0 radical (unpaired) electrons. The Kier molecular flexibility index (Phi) is 6.09. The molecule has 1 aromatic rings. The van der Waals surface area contributed by atoms with Crippen LogP contribution in [-0.4, -0.2) is 52.8 Å². The Balaban J connectivity index is 1.51. The van der Waals surface area contributed by atoms with Crippen molar-refractivity contribution >= 4 is 28.6 Å². The Labute approximate surface area is 151 Å². The highest BCUT2D eigenvalue weighted by molar-refractivity contribution is 8.15. The van der Waals surface area contributed by atoms with Gasteiger partial charge in [-0.3, -0.25) is 19.3 Å². The van der Waals surface area contributed by atoms with Crippen LogP contribution in [0.4, 0.5) is 0 Å². The van der Waals surface area contributed by atoms with Gasteiger partial charge in [-0.2, -0.15) is 0 Å². The van der Waals surface area contributed by atoms with Gasteiger partial charge in [0.15, 0.2) is 5.78 Å². The molecule has 2 atom stereocenters. The smallest absolute Gasteiger partial charge is 0.224 e. The van der Waals surface area contributed by atoms with Gasteiger partial charge in [-0.15, -0.1) is 0 Å². The first-order valence-corrected chi connectivity index (χ1v) is 9.56. The zero-order chi connectivity index (χ0) is 17.6. The van der Waals surface area contributed by atoms with Crippen molar-refractivity contribution in [3.63, 3.8) is 0 Å². The molecule has 0 aliphatic carbocycles. The van der Waals surface area contributed by atoms with E-state index in [4.69, 9.17) is 4.74 Å². The van der Waals surface area contributed by atoms with Gasteiger partial charge < -0.3 is 10.1 Å². The molecule has 2 unspecified atom stereocenters. The summed E-state index contributed by atoms with van der Waals surface area (Å²) in [7, 11) is 0. The van der Waals surface area contributed by atoms with Crippen molar-refractivity contribution in [1.82, 2.24) is 10.2 Å². The van der Waals surface area contributed by atoms with E-state index < -0.39 is 6.04 Å². The molecule has 1 aromatic carbocycles. The Morgan fingerprint density at radius 2 is 2.04 bits per heavy atom. The fourth-order valence-electron chi connectivity index (χ4n) is 3.21. The van der Waals surface area contributed by atoms with Crippen LogP contribution in [0.15, 0.2) is 30.3 Å². The summed E-state index contributed by atoms with van der Waals surface area (Å²) >= 11 is 1.08. The molecule has 0 aromatic heterocycles. The van der Waals surface area contributed by atoms with Crippen molar-refractivity contribution in [2.75, 3.05) is 18.9 Å². The number of thioether (sulfide) groups is 1. The van der Waals surface area contributed by atoms with E-state index in [1.165, 1.54) is 0 Å². The number of benzene rings is 1. The minimum Gasteiger partial charge on any atom is -0.493 e. The van der Waals surface area contributed by atoms with Crippen LogP contribution in [0.25, 0.3) is 0 Å². The monoisotopic (exact) mass is 362 g/mol. The number of hydrogen-bond donors (Lipinski definition) is 1. The second-order valence-corrected chi connectivity index (χ2v) is 7.18. The molecule has 2 aliphatic heterocycles. The number of para-hydroxylation sites is 1. The topological polar surface area (TPSA) is 75.7 Å². The van der Waals surface area contributed by atoms with Crippen molar-refractivity contribution < 1.29 is 19.1 Å². The van der Waals surface area contributed by atoms with Gasteiger partial charge in [0.2, 0.25) is 11.0 Å². The molecule has 1 N–H and O–H groups in total. The molecule has 3 rings (SSSR count). The number of piperidine rings is 1. The summed E-state index contributed by atoms with van der Waals surface area (Å²) in [5.41, 5.74) is 0. The van der Waals surface area contributed by atoms with Crippen LogP contribution in [0, 0.1) is 0 Å². The predicted molar refractivity (Wildman–Crippen MR) is 95.3 cm³/mol. The molecular weight excluding hydrogens is 340 g/mol. The maximum Gasteiger partial charge on any atom is 0.224 e. The number of carbonyl (C=O) groups is 3. The van der Waals surface area contributed by atoms with Gasteiger partial charge in [-0.25, -0.2) is 0 Å². The lowest BCUT2D eigenvalue weighted by atomic mass is 10.0. The normalized spacial score (nSPS) is 24.3. The summed E-state index contributed by atoms with van der Waals surface area (Å²) < 4.78 is 5.54. The molecular formula is C18H22N2O4S. The number of ketones is 1. The molecule has 2 aliphatic rings. The number of likely N-dealkylation sites (tertiary alicyclic amines) is 1. The number of carbonyl (C=O) groups excluding carboxylic acids is 3. The van der Waals surface area contributed by atoms with Crippen LogP contribution in [-0.2, 0) is 14.4 Å². The first-order chi connectivity index (χ1) is 12.1. The van der Waals surface area contributed by atoms with Crippen LogP contribution in [0.1, 0.15) is 25.7 Å². The van der Waals surface area contributed by atoms with E-state index in [2.05, 4.69) is 5.32 Å². The second kappa shape index (κ2) is 8.49. The first-order valence-electron chi connectivity index (χ1n) is 8.57. The van der Waals surface area contributed by atoms with Crippen LogP contribution < -0.4 is 10.1 Å². The summed E-state index contributed by atoms with van der Waals surface area (Å²) in [5, 5.41) is 2.87. The van der Waals surface area contributed by atoms with Crippen molar-refractivity contribution in [3.05, 3.63) is 30.3 Å². The predicted octanol–water partition coefficient (Wildman–Crippen LogP) is 1.59. The van der Waals surface area contributed by atoms with Crippen LogP contribution in [0.3, 0.4) is 0 Å². The Hall–Kier alpha value is -1.86. The Morgan fingerprint density at radius 1 is 1.24 bits per heavy atom. The molecule has 0 bridgehead atoms. The van der Waals surface area contributed by atoms with E-state index >= 15 is 0 Å². The Bertz CT molecular complexity index is 621. The standard InChI is InChI=1S/C18H22N2O4S/c21-14-12-25-18(23)17(14)20-10-5-4-8-15(20)19-16(22)9-11-24-13-6-2-1-3-7-13/h1-3,6-7,15,17H,4-5,8-12H2,(H,19,22). The number of amides is 1. The highest BCUT2D eigenvalue weighted by Gasteiger charge is 2.42. The van der Waals surface area contributed by atoms with Gasteiger partial charge in [0.1, 0.15) is 11.8 Å². The zero-order valence-electron chi connectivity index (χ0n) is 14.0. The van der Waals surface area contributed by atoms with E-state index in [1.54, 1.807) is 0 Å². The summed E-state index contributed by atoms with van der Waals surface area (Å²) in [5.74, 6) is 0.793. The molecule has 2 saturated heterocycles. The lowest BCUT2D eigenvalue weighted by molar-refractivity contribution is -0.133. The molecule has 7 heteroatoms. The van der Waals surface area contributed by atoms with Crippen molar-refractivity contribution in [3.8, 4) is 5.75 Å². The summed E-state index contributed by atoms with van der Waals surface area (Å²) in [6.07, 6.45) is 2.65. The summed E-state index contributed by atoms with van der Waals surface area (Å²) in [6, 6.07) is 8.65. The van der Waals surface area contributed by atoms with Gasteiger partial charge in [-0.05, 0) is 31.4 Å². The Morgan fingerprint density at radius 3 is 2.76 bits per heavy atom. The minimum atomic E-state index is -0.698. The van der Waals surface area contributed by atoms with Crippen LogP contribution in [0.5, 0.6) is 5.75 Å². The number of nitrogens with zero attached hydrogens (tertiary/aromatic N) is 1. The fourth-order valence-corrected chi connectivity index (χ4v) is 4.07. The number of nitrogens with one attached hydrogen (secondary N) is 1. The van der Waals surface area contributed by atoms with Crippen molar-refractivity contribution in [2.24, 2.45) is 0 Å². The molecule has 0 spiro atoms. The third-order valence-electron chi connectivity index (χ3n) is 4.43. The highest BCUT2D eigenvalue weighted by atomic mass is 32.2. The van der Waals surface area contributed by atoms with Crippen LogP contribution >= 0.6 is 11.8 Å². The van der Waals surface area contributed by atoms with Crippen LogP contribution in [0.2, 0.25) is 0 Å². The van der Waals surface area contributed by atoms with Crippen molar-refractivity contribution in [2.45, 2.75) is 37.9 Å². The molecule has 6 nitrogen and oxygen atoms in total. The minimum absolute atomic E-state index is 0.0523. The lowest BCUT2D eigenvalue weighted by Crippen LogP contribution is -2.57. The molecule has 2 fully saturated rings. The molecule has 2 heterocycles.